The first-order valence-corrected chi connectivity index (χ1v) is 10.3. The molecule has 2 heterocycles. The fourth-order valence-electron chi connectivity index (χ4n) is 3.97. The number of carbonyl (C=O) groups excluding carboxylic acids is 1. The fourth-order valence-corrected chi connectivity index (χ4v) is 3.97. The number of amides is 1. The molecule has 0 aliphatic heterocycles. The lowest BCUT2D eigenvalue weighted by Gasteiger charge is -2.29. The lowest BCUT2D eigenvalue weighted by molar-refractivity contribution is -0.119. The third-order valence-corrected chi connectivity index (χ3v) is 5.48. The highest BCUT2D eigenvalue weighted by Gasteiger charge is 2.22. The van der Waals surface area contributed by atoms with Gasteiger partial charge in [-0.05, 0) is 49.4 Å². The highest BCUT2D eigenvalue weighted by Crippen LogP contribution is 2.27. The van der Waals surface area contributed by atoms with E-state index in [4.69, 9.17) is 0 Å². The second-order valence-electron chi connectivity index (χ2n) is 7.78. The van der Waals surface area contributed by atoms with Crippen LogP contribution in [0, 0.1) is 5.82 Å². The number of hydrogen-bond donors (Lipinski definition) is 3. The van der Waals surface area contributed by atoms with Crippen molar-refractivity contribution in [3.8, 4) is 22.4 Å². The number of hydrogen-bond acceptors (Lipinski definition) is 5. The van der Waals surface area contributed by atoms with E-state index in [9.17, 15) is 14.0 Å². The maximum Gasteiger partial charge on any atom is 0.255 e. The van der Waals surface area contributed by atoms with Crippen molar-refractivity contribution in [2.45, 2.75) is 44.7 Å². The third kappa shape index (κ3) is 4.96. The summed E-state index contributed by atoms with van der Waals surface area (Å²) in [4.78, 5) is 34.5. The van der Waals surface area contributed by atoms with Gasteiger partial charge >= 0.3 is 0 Å². The van der Waals surface area contributed by atoms with E-state index < -0.39 is 5.82 Å². The van der Waals surface area contributed by atoms with Gasteiger partial charge < -0.3 is 15.6 Å². The average molecular weight is 421 g/mol. The Balaban J connectivity index is 1.53. The predicted octanol–water partition coefficient (Wildman–Crippen LogP) is 3.50. The summed E-state index contributed by atoms with van der Waals surface area (Å²) < 4.78 is 14.6. The molecular weight excluding hydrogens is 397 g/mol. The summed E-state index contributed by atoms with van der Waals surface area (Å²) in [6, 6.07) is 10.9. The van der Waals surface area contributed by atoms with Gasteiger partial charge in [0.05, 0.1) is 6.20 Å². The largest absolute Gasteiger partial charge is 0.354 e. The zero-order chi connectivity index (χ0) is 21.8. The molecule has 3 aromatic rings. The number of rotatable bonds is 5. The van der Waals surface area contributed by atoms with Crippen LogP contribution >= 0.6 is 0 Å². The first-order chi connectivity index (χ1) is 15.0. The monoisotopic (exact) mass is 421 g/mol. The highest BCUT2D eigenvalue weighted by molar-refractivity contribution is 5.73. The van der Waals surface area contributed by atoms with E-state index in [1.807, 2.05) is 0 Å². The van der Waals surface area contributed by atoms with E-state index in [1.165, 1.54) is 6.92 Å². The Morgan fingerprint density at radius 3 is 2.58 bits per heavy atom. The van der Waals surface area contributed by atoms with Crippen LogP contribution in [0.5, 0.6) is 0 Å². The molecule has 31 heavy (non-hydrogen) atoms. The predicted molar refractivity (Wildman–Crippen MR) is 117 cm³/mol. The van der Waals surface area contributed by atoms with Crippen molar-refractivity contribution in [2.24, 2.45) is 0 Å². The van der Waals surface area contributed by atoms with Crippen LogP contribution in [0.25, 0.3) is 22.4 Å². The van der Waals surface area contributed by atoms with Crippen LogP contribution in [0.2, 0.25) is 0 Å². The van der Waals surface area contributed by atoms with Crippen molar-refractivity contribution in [2.75, 3.05) is 5.32 Å². The van der Waals surface area contributed by atoms with Crippen LogP contribution in [-0.4, -0.2) is 32.9 Å². The molecule has 1 aliphatic rings. The van der Waals surface area contributed by atoms with E-state index >= 15 is 0 Å². The van der Waals surface area contributed by atoms with Crippen molar-refractivity contribution in [1.82, 2.24) is 20.3 Å². The molecule has 0 atom stereocenters. The number of carbonyl (C=O) groups is 1. The number of nitrogens with one attached hydrogen (secondary N) is 3. The Labute approximate surface area is 179 Å². The maximum absolute atomic E-state index is 14.6. The molecule has 0 bridgehead atoms. The average Bonchev–Trinajstić information content (AvgIpc) is 2.76. The summed E-state index contributed by atoms with van der Waals surface area (Å²) in [7, 11) is 0. The second-order valence-corrected chi connectivity index (χ2v) is 7.78. The Kier molecular flexibility index (Phi) is 6.06. The minimum atomic E-state index is -0.529. The molecule has 1 fully saturated rings. The van der Waals surface area contributed by atoms with Gasteiger partial charge in [0.2, 0.25) is 11.9 Å². The first kappa shape index (κ1) is 20.7. The molecule has 0 unspecified atom stereocenters. The molecule has 8 heteroatoms. The molecule has 1 aromatic carbocycles. The zero-order valence-corrected chi connectivity index (χ0v) is 17.2. The van der Waals surface area contributed by atoms with Gasteiger partial charge in [0.25, 0.3) is 5.56 Å². The van der Waals surface area contributed by atoms with Crippen molar-refractivity contribution < 1.29 is 9.18 Å². The van der Waals surface area contributed by atoms with Gasteiger partial charge in [0.15, 0.2) is 5.82 Å². The molecule has 0 spiro atoms. The van der Waals surface area contributed by atoms with E-state index in [-0.39, 0.29) is 29.2 Å². The summed E-state index contributed by atoms with van der Waals surface area (Å²) in [5.74, 6) is -0.177. The van der Waals surface area contributed by atoms with Gasteiger partial charge in [0, 0.05) is 36.3 Å². The van der Waals surface area contributed by atoms with Crippen molar-refractivity contribution in [3.05, 3.63) is 65.0 Å². The third-order valence-electron chi connectivity index (χ3n) is 5.48. The van der Waals surface area contributed by atoms with E-state index in [0.29, 0.717) is 22.6 Å². The number of halogens is 1. The van der Waals surface area contributed by atoms with Crippen LogP contribution < -0.4 is 16.2 Å². The quantitative estimate of drug-likeness (QED) is 0.586. The number of aromatic amines is 1. The van der Waals surface area contributed by atoms with Gasteiger partial charge in [-0.1, -0.05) is 18.2 Å². The molecule has 1 saturated carbocycles. The number of aromatic nitrogens is 3. The SMILES string of the molecule is CC(=O)N[C@H]1CC[C@H](Nc2ncc(F)c(-c3cccc(-c4ccc[nH]c4=O)c3)n2)CC1. The molecular formula is C23H24FN5O2. The molecule has 0 saturated heterocycles. The zero-order valence-electron chi connectivity index (χ0n) is 17.2. The number of H-pyrrole nitrogens is 1. The van der Waals surface area contributed by atoms with Crippen molar-refractivity contribution in [3.63, 3.8) is 0 Å². The van der Waals surface area contributed by atoms with Gasteiger partial charge in [-0.25, -0.2) is 14.4 Å². The minimum Gasteiger partial charge on any atom is -0.354 e. The van der Waals surface area contributed by atoms with Crippen LogP contribution in [0.1, 0.15) is 32.6 Å². The lowest BCUT2D eigenvalue weighted by Crippen LogP contribution is -2.39. The van der Waals surface area contributed by atoms with Gasteiger partial charge in [-0.3, -0.25) is 9.59 Å². The minimum absolute atomic E-state index is 0.0114. The fraction of sp³-hybridized carbons (Fsp3) is 0.304. The number of nitrogens with zero attached hydrogens (tertiary/aromatic N) is 2. The molecule has 3 N–H and O–H groups in total. The summed E-state index contributed by atoms with van der Waals surface area (Å²) in [6.45, 7) is 1.53. The summed E-state index contributed by atoms with van der Waals surface area (Å²) in [5, 5.41) is 6.25. The molecule has 7 nitrogen and oxygen atoms in total. The van der Waals surface area contributed by atoms with E-state index in [0.717, 1.165) is 31.9 Å². The van der Waals surface area contributed by atoms with Gasteiger partial charge in [0.1, 0.15) is 5.69 Å². The maximum atomic E-state index is 14.6. The second kappa shape index (κ2) is 9.07. The standard InChI is InChI=1S/C23H24FN5O2/c1-14(30)27-17-7-9-18(10-8-17)28-23-26-13-20(24)21(29-23)16-5-2-4-15(12-16)19-6-3-11-25-22(19)31/h2-6,11-13,17-18H,7-10H2,1H3,(H,25,31)(H,27,30)(H,26,28,29)/t17-,18-. The van der Waals surface area contributed by atoms with Crippen LogP contribution in [-0.2, 0) is 4.79 Å². The van der Waals surface area contributed by atoms with Crippen molar-refractivity contribution >= 4 is 11.9 Å². The summed E-state index contributed by atoms with van der Waals surface area (Å²) in [6.07, 6.45) is 6.22. The number of anilines is 1. The number of benzene rings is 1. The molecule has 160 valence electrons. The van der Waals surface area contributed by atoms with E-state index in [2.05, 4.69) is 25.6 Å². The smallest absolute Gasteiger partial charge is 0.255 e. The number of pyridine rings is 1. The van der Waals surface area contributed by atoms with Crippen LogP contribution in [0.3, 0.4) is 0 Å². The summed E-state index contributed by atoms with van der Waals surface area (Å²) >= 11 is 0. The Morgan fingerprint density at radius 1 is 1.10 bits per heavy atom. The van der Waals surface area contributed by atoms with Crippen molar-refractivity contribution in [1.29, 1.82) is 0 Å². The summed E-state index contributed by atoms with van der Waals surface area (Å²) in [5.41, 5.74) is 1.73. The molecule has 0 radical (unpaired) electrons. The first-order valence-electron chi connectivity index (χ1n) is 10.3. The lowest BCUT2D eigenvalue weighted by atomic mass is 9.91. The molecule has 2 aromatic heterocycles. The van der Waals surface area contributed by atoms with E-state index in [1.54, 1.807) is 42.6 Å². The van der Waals surface area contributed by atoms with Crippen LogP contribution in [0.4, 0.5) is 10.3 Å². The van der Waals surface area contributed by atoms with Gasteiger partial charge in [-0.2, -0.15) is 0 Å². The normalized spacial score (nSPS) is 18.4. The van der Waals surface area contributed by atoms with Crippen LogP contribution in [0.15, 0.2) is 53.6 Å². The topological polar surface area (TPSA) is 99.8 Å². The Hall–Kier alpha value is -3.55. The molecule has 1 amide bonds. The Bertz CT molecular complexity index is 1140. The van der Waals surface area contributed by atoms with Gasteiger partial charge in [-0.15, -0.1) is 0 Å². The molecule has 4 rings (SSSR count). The molecule has 1 aliphatic carbocycles. The highest BCUT2D eigenvalue weighted by atomic mass is 19.1. The Morgan fingerprint density at radius 2 is 1.84 bits per heavy atom.